The van der Waals surface area contributed by atoms with E-state index < -0.39 is 102 Å². The summed E-state index contributed by atoms with van der Waals surface area (Å²) in [6.07, 6.45) is 0. The van der Waals surface area contributed by atoms with Crippen LogP contribution in [-0.2, 0) is 0 Å². The molecule has 2 rings (SSSR count). The first-order valence-electron chi connectivity index (χ1n) is 5.24. The number of halogens is 10. The van der Waals surface area contributed by atoms with Crippen molar-refractivity contribution in [3.8, 4) is 0 Å². The van der Waals surface area contributed by atoms with Crippen molar-refractivity contribution in [3.05, 3.63) is 58.2 Å². The molecule has 0 aliphatic rings. The molecule has 0 saturated heterocycles. The Morgan fingerprint density at radius 2 is 0.478 bits per heavy atom. The summed E-state index contributed by atoms with van der Waals surface area (Å²) in [4.78, 5) is 0. The van der Waals surface area contributed by atoms with Gasteiger partial charge in [-0.05, 0) is 0 Å². The molecule has 0 radical (unpaired) electrons. The van der Waals surface area contributed by atoms with E-state index >= 15 is 0 Å². The molecule has 0 atom stereocenters. The normalized spacial score (nSPS) is 11.4. The summed E-state index contributed by atoms with van der Waals surface area (Å²) < 4.78 is 128. The molecule has 0 unspecified atom stereocenters. The minimum atomic E-state index is -2.72. The molecule has 0 aliphatic carbocycles. The molecule has 23 heavy (non-hydrogen) atoms. The zero-order valence-corrected chi connectivity index (χ0v) is 12.2. The maximum atomic E-state index is 13.4. The van der Waals surface area contributed by atoms with Gasteiger partial charge in [0.25, 0.3) is 0 Å². The van der Waals surface area contributed by atoms with Gasteiger partial charge in [0.1, 0.15) is 0 Å². The van der Waals surface area contributed by atoms with Gasteiger partial charge in [0.15, 0.2) is 0 Å². The number of benzene rings is 2. The Morgan fingerprint density at radius 3 is 0.696 bits per heavy atom. The predicted molar refractivity (Wildman–Crippen MR) is 51.7 cm³/mol. The average Bonchev–Trinajstić information content (AvgIpc) is 2.54. The van der Waals surface area contributed by atoms with Crippen LogP contribution >= 0.6 is 0 Å². The van der Waals surface area contributed by atoms with Crippen molar-refractivity contribution >= 4 is 0.0628 Å². The van der Waals surface area contributed by atoms with Gasteiger partial charge < -0.3 is 0 Å². The molecule has 0 aromatic heterocycles. The van der Waals surface area contributed by atoms with Crippen LogP contribution in [0.1, 0.15) is 0 Å². The first kappa shape index (κ1) is 18.6. The summed E-state index contributed by atoms with van der Waals surface area (Å²) in [5, 5.41) is 0. The Morgan fingerprint density at radius 1 is 0.304 bits per heavy atom. The van der Waals surface area contributed by atoms with Crippen LogP contribution in [0.3, 0.4) is 0 Å². The standard InChI is InChI=1S/C12F10Xe/c13-1-3(15)7(19)11(8(20)4(1)16)23-12-9(21)5(17)2(14)6(18)10(12)22. The van der Waals surface area contributed by atoms with Gasteiger partial charge in [-0.25, -0.2) is 0 Å². The van der Waals surface area contributed by atoms with Gasteiger partial charge in [0.2, 0.25) is 0 Å². The fraction of sp³-hybridized carbons (Fsp3) is 0. The Hall–Kier alpha value is -0.689. The molecule has 0 spiro atoms. The fourth-order valence-electron chi connectivity index (χ4n) is 1.39. The van der Waals surface area contributed by atoms with E-state index in [2.05, 4.69) is 0 Å². The van der Waals surface area contributed by atoms with Crippen molar-refractivity contribution < 1.29 is 88.1 Å². The van der Waals surface area contributed by atoms with Gasteiger partial charge in [-0.1, -0.05) is 0 Å². The second-order valence-corrected chi connectivity index (χ2v) is 6.35. The Bertz CT molecular complexity index is 691. The number of hydrogen-bond acceptors (Lipinski definition) is 0. The topological polar surface area (TPSA) is 0 Å². The predicted octanol–water partition coefficient (Wildman–Crippen LogP) is 3.11. The van der Waals surface area contributed by atoms with Crippen LogP contribution in [0.2, 0.25) is 0 Å². The molecule has 0 heterocycles. The monoisotopic (exact) mass is 466 g/mol. The van der Waals surface area contributed by atoms with Crippen molar-refractivity contribution in [2.75, 3.05) is 0 Å². The summed E-state index contributed by atoms with van der Waals surface area (Å²) in [6, 6.07) is 0. The number of rotatable bonds is 2. The Balaban J connectivity index is 2.71. The molecule has 2 aromatic carbocycles. The van der Waals surface area contributed by atoms with Gasteiger partial charge in [-0.2, -0.15) is 0 Å². The third-order valence-corrected chi connectivity index (χ3v) is 5.25. The van der Waals surface area contributed by atoms with Crippen LogP contribution in [0.25, 0.3) is 0 Å². The van der Waals surface area contributed by atoms with Crippen molar-refractivity contribution in [3.63, 3.8) is 0 Å². The average molecular weight is 465 g/mol. The molecule has 2 aromatic rings. The summed E-state index contributed by atoms with van der Waals surface area (Å²) in [7, 11) is 0. The van der Waals surface area contributed by atoms with Crippen LogP contribution in [0.15, 0.2) is 0 Å². The Kier molecular flexibility index (Phi) is 5.41. The van der Waals surface area contributed by atoms with E-state index in [1.165, 1.54) is 0 Å². The second kappa shape index (κ2) is 6.67. The van der Waals surface area contributed by atoms with E-state index in [0.29, 0.717) is 0 Å². The molecule has 0 fully saturated rings. The maximum absolute atomic E-state index is 13.4. The molecule has 126 valence electrons. The van der Waals surface area contributed by atoms with Crippen molar-refractivity contribution in [2.45, 2.75) is 0 Å². The van der Waals surface area contributed by atoms with E-state index in [4.69, 9.17) is 0 Å². The van der Waals surface area contributed by atoms with Crippen molar-refractivity contribution in [1.82, 2.24) is 0 Å². The van der Waals surface area contributed by atoms with Crippen molar-refractivity contribution in [2.24, 2.45) is 0 Å². The summed E-state index contributed by atoms with van der Waals surface area (Å²) in [6.45, 7) is 0. The molecule has 0 N–H and O–H groups in total. The van der Waals surface area contributed by atoms with E-state index in [0.717, 1.165) is 0 Å². The quantitative estimate of drug-likeness (QED) is 0.363. The van der Waals surface area contributed by atoms with Crippen LogP contribution in [0.4, 0.5) is 43.9 Å². The summed E-state index contributed by atoms with van der Waals surface area (Å²) in [5.74, 6) is -24.2. The van der Waals surface area contributed by atoms with E-state index in [1.54, 1.807) is 0 Å². The van der Waals surface area contributed by atoms with E-state index in [9.17, 15) is 43.9 Å². The van der Waals surface area contributed by atoms with E-state index in [1.807, 2.05) is 0 Å². The molecule has 0 nitrogen and oxygen atoms in total. The van der Waals surface area contributed by atoms with Gasteiger partial charge in [-0.15, -0.1) is 0 Å². The number of hydrogen-bond donors (Lipinski definition) is 0. The van der Waals surface area contributed by atoms with E-state index in [-0.39, 0.29) is 0 Å². The molecule has 11 heteroatoms. The van der Waals surface area contributed by atoms with Crippen LogP contribution in [-0.4, -0.2) is 0 Å². The summed E-state index contributed by atoms with van der Waals surface area (Å²) >= 11 is -2.72. The molecular weight excluding hydrogens is 465 g/mol. The molecule has 0 saturated carbocycles. The van der Waals surface area contributed by atoms with Gasteiger partial charge >= 0.3 is 146 Å². The third kappa shape index (κ3) is 3.02. The summed E-state index contributed by atoms with van der Waals surface area (Å²) in [5.41, 5.74) is 0. The first-order chi connectivity index (χ1) is 10.6. The molecule has 0 aliphatic heterocycles. The van der Waals surface area contributed by atoms with Gasteiger partial charge in [0.05, 0.1) is 0 Å². The minimum absolute atomic E-state index is 1.64. The zero-order valence-electron chi connectivity index (χ0n) is 10.1. The molecular formula is C12F10Xe. The van der Waals surface area contributed by atoms with Gasteiger partial charge in [0, 0.05) is 0 Å². The van der Waals surface area contributed by atoms with Crippen LogP contribution in [0.5, 0.6) is 0 Å². The van der Waals surface area contributed by atoms with Gasteiger partial charge in [-0.3, -0.25) is 0 Å². The molecule has 0 bridgehead atoms. The first-order valence-corrected chi connectivity index (χ1v) is 7.26. The second-order valence-electron chi connectivity index (χ2n) is 3.83. The SMILES string of the molecule is Fc1c(F)c(F)c([Xe]c2c(F)c(F)c(F)c(F)c2F)c(F)c1F. The van der Waals surface area contributed by atoms with Crippen LogP contribution < -0.4 is 0.0628 Å². The zero-order chi connectivity index (χ0) is 17.6. The molecule has 0 amide bonds. The third-order valence-electron chi connectivity index (χ3n) is 2.47. The Labute approximate surface area is 145 Å². The van der Waals surface area contributed by atoms with Crippen LogP contribution in [0, 0.1) is 102 Å². The van der Waals surface area contributed by atoms with Crippen molar-refractivity contribution in [1.29, 1.82) is 0 Å². The fourth-order valence-corrected chi connectivity index (χ4v) is 3.67.